The van der Waals surface area contributed by atoms with E-state index in [0.717, 1.165) is 25.0 Å². The number of rotatable bonds is 3. The molecule has 0 aliphatic heterocycles. The molecule has 20 heavy (non-hydrogen) atoms. The van der Waals surface area contributed by atoms with E-state index in [2.05, 4.69) is 22.4 Å². The zero-order valence-electron chi connectivity index (χ0n) is 11.6. The molecule has 102 valence electrons. The smallest absolute Gasteiger partial charge is 0.253 e. The molecule has 1 N–H and O–H groups in total. The Bertz CT molecular complexity index is 601. The van der Waals surface area contributed by atoms with Crippen molar-refractivity contribution < 1.29 is 4.79 Å². The zero-order chi connectivity index (χ0) is 14.0. The summed E-state index contributed by atoms with van der Waals surface area (Å²) in [5.41, 5.74) is 2.55. The van der Waals surface area contributed by atoms with Crippen LogP contribution in [0.3, 0.4) is 0 Å². The van der Waals surface area contributed by atoms with Gasteiger partial charge in [0.15, 0.2) is 0 Å². The Kier molecular flexibility index (Phi) is 3.26. The second kappa shape index (κ2) is 5.08. The molecular weight excluding hydrogens is 248 g/mol. The van der Waals surface area contributed by atoms with E-state index < -0.39 is 0 Å². The Morgan fingerprint density at radius 1 is 1.15 bits per heavy atom. The van der Waals surface area contributed by atoms with Crippen LogP contribution in [0.15, 0.2) is 48.7 Å². The lowest BCUT2D eigenvalue weighted by Crippen LogP contribution is -2.50. The van der Waals surface area contributed by atoms with Gasteiger partial charge in [0.05, 0.1) is 11.1 Å². The van der Waals surface area contributed by atoms with Gasteiger partial charge in [0.1, 0.15) is 0 Å². The van der Waals surface area contributed by atoms with E-state index in [0.29, 0.717) is 5.56 Å². The van der Waals surface area contributed by atoms with Crippen LogP contribution in [-0.4, -0.2) is 10.9 Å². The van der Waals surface area contributed by atoms with Crippen LogP contribution in [-0.2, 0) is 5.54 Å². The summed E-state index contributed by atoms with van der Waals surface area (Å²) < 4.78 is 0. The number of carbonyl (C=O) groups excluding carboxylic acids is 1. The van der Waals surface area contributed by atoms with Crippen LogP contribution < -0.4 is 5.32 Å². The summed E-state index contributed by atoms with van der Waals surface area (Å²) in [4.78, 5) is 16.6. The number of nitrogens with one attached hydrogen (secondary N) is 1. The number of benzene rings is 1. The lowest BCUT2D eigenvalue weighted by molar-refractivity contribution is 0.0823. The van der Waals surface area contributed by atoms with Crippen LogP contribution >= 0.6 is 0 Å². The Morgan fingerprint density at radius 3 is 2.45 bits per heavy atom. The highest BCUT2D eigenvalue weighted by molar-refractivity contribution is 5.94. The lowest BCUT2D eigenvalue weighted by Gasteiger charge is -2.43. The highest BCUT2D eigenvalue weighted by atomic mass is 16.1. The highest BCUT2D eigenvalue weighted by Gasteiger charge is 2.39. The number of aromatic nitrogens is 1. The monoisotopic (exact) mass is 266 g/mol. The summed E-state index contributed by atoms with van der Waals surface area (Å²) in [5, 5.41) is 3.20. The summed E-state index contributed by atoms with van der Waals surface area (Å²) in [5.74, 6) is -0.0407. The van der Waals surface area contributed by atoms with Gasteiger partial charge in [0, 0.05) is 11.9 Å². The minimum atomic E-state index is -0.191. The normalized spacial score (nSPS) is 16.2. The average Bonchev–Trinajstić information content (AvgIpc) is 2.44. The molecular formula is C17H18N2O. The molecule has 0 unspecified atom stereocenters. The predicted octanol–water partition coefficient (Wildman–Crippen LogP) is 3.20. The zero-order valence-corrected chi connectivity index (χ0v) is 11.6. The summed E-state index contributed by atoms with van der Waals surface area (Å²) in [6.45, 7) is 1.92. The third kappa shape index (κ3) is 2.31. The van der Waals surface area contributed by atoms with Crippen LogP contribution in [0.1, 0.15) is 40.9 Å². The second-order valence-corrected chi connectivity index (χ2v) is 5.44. The summed E-state index contributed by atoms with van der Waals surface area (Å²) >= 11 is 0. The van der Waals surface area contributed by atoms with Crippen molar-refractivity contribution in [3.63, 3.8) is 0 Å². The summed E-state index contributed by atoms with van der Waals surface area (Å²) in [6.07, 6.45) is 4.80. The fourth-order valence-electron chi connectivity index (χ4n) is 2.66. The van der Waals surface area contributed by atoms with Crippen LogP contribution in [0.4, 0.5) is 0 Å². The molecule has 1 heterocycles. The van der Waals surface area contributed by atoms with Gasteiger partial charge in [-0.05, 0) is 43.9 Å². The lowest BCUT2D eigenvalue weighted by atomic mass is 9.71. The van der Waals surface area contributed by atoms with Gasteiger partial charge in [0.2, 0.25) is 0 Å². The molecule has 3 nitrogen and oxygen atoms in total. The van der Waals surface area contributed by atoms with Crippen LogP contribution in [0.2, 0.25) is 0 Å². The fourth-order valence-corrected chi connectivity index (χ4v) is 2.66. The largest absolute Gasteiger partial charge is 0.342 e. The van der Waals surface area contributed by atoms with Crippen molar-refractivity contribution in [3.8, 4) is 0 Å². The molecule has 1 saturated carbocycles. The van der Waals surface area contributed by atoms with Gasteiger partial charge >= 0.3 is 0 Å². The second-order valence-electron chi connectivity index (χ2n) is 5.44. The van der Waals surface area contributed by atoms with Crippen LogP contribution in [0.25, 0.3) is 0 Å². The van der Waals surface area contributed by atoms with Gasteiger partial charge in [-0.2, -0.15) is 0 Å². The van der Waals surface area contributed by atoms with E-state index in [9.17, 15) is 4.79 Å². The number of pyridine rings is 1. The minimum absolute atomic E-state index is 0.0407. The fraction of sp³-hybridized carbons (Fsp3) is 0.294. The minimum Gasteiger partial charge on any atom is -0.342 e. The number of hydrogen-bond donors (Lipinski definition) is 1. The summed E-state index contributed by atoms with van der Waals surface area (Å²) in [6, 6.07) is 13.9. The van der Waals surface area contributed by atoms with Crippen molar-refractivity contribution >= 4 is 5.91 Å². The molecule has 1 aromatic heterocycles. The first-order valence-electron chi connectivity index (χ1n) is 7.00. The molecule has 0 radical (unpaired) electrons. The maximum Gasteiger partial charge on any atom is 0.253 e. The van der Waals surface area contributed by atoms with Crippen molar-refractivity contribution in [3.05, 3.63) is 65.5 Å². The standard InChI is InChI=1S/C17H18N2O/c1-13-8-9-14(12-18-13)16(20)19-17(10-5-11-17)15-6-3-2-4-7-15/h2-4,6-9,12H,5,10-11H2,1H3,(H,19,20). The number of aryl methyl sites for hydroxylation is 1. The SMILES string of the molecule is Cc1ccc(C(=O)NC2(c3ccccc3)CCC2)cn1. The molecule has 3 rings (SSSR count). The molecule has 3 heteroatoms. The molecule has 1 aliphatic carbocycles. The van der Waals surface area contributed by atoms with Gasteiger partial charge in [-0.15, -0.1) is 0 Å². The number of nitrogens with zero attached hydrogens (tertiary/aromatic N) is 1. The van der Waals surface area contributed by atoms with Crippen molar-refractivity contribution in [1.29, 1.82) is 0 Å². The molecule has 1 fully saturated rings. The summed E-state index contributed by atoms with van der Waals surface area (Å²) in [7, 11) is 0. The van der Waals surface area contributed by atoms with Crippen LogP contribution in [0.5, 0.6) is 0 Å². The van der Waals surface area contributed by atoms with Crippen molar-refractivity contribution in [2.75, 3.05) is 0 Å². The molecule has 1 aromatic carbocycles. The molecule has 1 amide bonds. The van der Waals surface area contributed by atoms with E-state index in [-0.39, 0.29) is 11.4 Å². The predicted molar refractivity (Wildman–Crippen MR) is 78.4 cm³/mol. The number of amides is 1. The number of hydrogen-bond acceptors (Lipinski definition) is 2. The van der Waals surface area contributed by atoms with E-state index in [1.54, 1.807) is 6.20 Å². The molecule has 2 aromatic rings. The highest BCUT2D eigenvalue weighted by Crippen LogP contribution is 2.41. The van der Waals surface area contributed by atoms with Gasteiger partial charge < -0.3 is 5.32 Å². The van der Waals surface area contributed by atoms with E-state index in [1.807, 2.05) is 37.3 Å². The maximum absolute atomic E-state index is 12.4. The Labute approximate surface area is 119 Å². The van der Waals surface area contributed by atoms with Gasteiger partial charge in [-0.1, -0.05) is 30.3 Å². The van der Waals surface area contributed by atoms with Crippen molar-refractivity contribution in [1.82, 2.24) is 10.3 Å². The van der Waals surface area contributed by atoms with E-state index in [1.165, 1.54) is 5.56 Å². The van der Waals surface area contributed by atoms with E-state index >= 15 is 0 Å². The van der Waals surface area contributed by atoms with Crippen molar-refractivity contribution in [2.24, 2.45) is 0 Å². The van der Waals surface area contributed by atoms with Crippen LogP contribution in [0, 0.1) is 6.92 Å². The Hall–Kier alpha value is -2.16. The van der Waals surface area contributed by atoms with Crippen molar-refractivity contribution in [2.45, 2.75) is 31.7 Å². The van der Waals surface area contributed by atoms with Gasteiger partial charge in [0.25, 0.3) is 5.91 Å². The molecule has 0 atom stereocenters. The first kappa shape index (κ1) is 12.9. The third-order valence-corrected chi connectivity index (χ3v) is 4.06. The van der Waals surface area contributed by atoms with Gasteiger partial charge in [-0.3, -0.25) is 9.78 Å². The number of carbonyl (C=O) groups is 1. The molecule has 0 saturated heterocycles. The third-order valence-electron chi connectivity index (χ3n) is 4.06. The topological polar surface area (TPSA) is 42.0 Å². The first-order valence-corrected chi connectivity index (χ1v) is 7.00. The molecule has 1 aliphatic rings. The Balaban J connectivity index is 1.82. The molecule has 0 spiro atoms. The Morgan fingerprint density at radius 2 is 1.90 bits per heavy atom. The van der Waals surface area contributed by atoms with E-state index in [4.69, 9.17) is 0 Å². The molecule has 0 bridgehead atoms. The van der Waals surface area contributed by atoms with Gasteiger partial charge in [-0.25, -0.2) is 0 Å². The first-order chi connectivity index (χ1) is 9.70. The maximum atomic E-state index is 12.4. The average molecular weight is 266 g/mol. The quantitative estimate of drug-likeness (QED) is 0.927.